The third-order valence-electron chi connectivity index (χ3n) is 6.93. The number of carbonyl (C=O) groups excluding carboxylic acids is 1. The van der Waals surface area contributed by atoms with Crippen LogP contribution in [0.3, 0.4) is 0 Å². The SMILES string of the molecule is COc1cnc2cc(NC3CC(C)NN3)nc(NC3C[C@H]4CC[C@@H](C3)N4C(=O)OC(C)C)c2c1. The summed E-state index contributed by atoms with van der Waals surface area (Å²) in [6, 6.07) is 4.93. The maximum atomic E-state index is 12.6. The number of nitrogens with one attached hydrogen (secondary N) is 4. The number of rotatable bonds is 6. The molecule has 3 aliphatic heterocycles. The second-order valence-corrected chi connectivity index (χ2v) is 9.96. The second-order valence-electron chi connectivity index (χ2n) is 9.96. The summed E-state index contributed by atoms with van der Waals surface area (Å²) in [5.74, 6) is 2.25. The van der Waals surface area contributed by atoms with Gasteiger partial charge in [-0.05, 0) is 58.9 Å². The summed E-state index contributed by atoms with van der Waals surface area (Å²) in [6.07, 6.45) is 6.25. The van der Waals surface area contributed by atoms with Crippen molar-refractivity contribution in [3.05, 3.63) is 18.3 Å². The molecule has 0 aromatic carbocycles. The van der Waals surface area contributed by atoms with E-state index in [9.17, 15) is 4.79 Å². The lowest BCUT2D eigenvalue weighted by atomic mass is 9.97. The fraction of sp³-hybridized carbons (Fsp3) is 0.625. The Kier molecular flexibility index (Phi) is 6.35. The van der Waals surface area contributed by atoms with Gasteiger partial charge in [-0.25, -0.2) is 15.2 Å². The van der Waals surface area contributed by atoms with Crippen molar-refractivity contribution in [1.82, 2.24) is 25.7 Å². The van der Waals surface area contributed by atoms with Crippen LogP contribution in [0.2, 0.25) is 0 Å². The van der Waals surface area contributed by atoms with Crippen LogP contribution in [-0.2, 0) is 4.74 Å². The molecule has 5 heterocycles. The maximum Gasteiger partial charge on any atom is 0.410 e. The van der Waals surface area contributed by atoms with Crippen LogP contribution in [0.15, 0.2) is 18.3 Å². The molecule has 3 aliphatic rings. The zero-order valence-corrected chi connectivity index (χ0v) is 20.3. The topological polar surface area (TPSA) is 113 Å². The van der Waals surface area contributed by atoms with Gasteiger partial charge in [0.25, 0.3) is 0 Å². The van der Waals surface area contributed by atoms with E-state index in [0.717, 1.165) is 54.6 Å². The third kappa shape index (κ3) is 4.69. The monoisotopic (exact) mass is 469 g/mol. The van der Waals surface area contributed by atoms with Crippen molar-refractivity contribution >= 4 is 28.6 Å². The number of anilines is 2. The van der Waals surface area contributed by atoms with E-state index in [1.807, 2.05) is 30.9 Å². The minimum atomic E-state index is -0.184. The summed E-state index contributed by atoms with van der Waals surface area (Å²) in [5, 5.41) is 8.08. The fourth-order valence-corrected chi connectivity index (χ4v) is 5.44. The van der Waals surface area contributed by atoms with Gasteiger partial charge in [-0.3, -0.25) is 10.4 Å². The van der Waals surface area contributed by atoms with Crippen LogP contribution in [0, 0.1) is 0 Å². The Morgan fingerprint density at radius 2 is 1.91 bits per heavy atom. The van der Waals surface area contributed by atoms with E-state index in [4.69, 9.17) is 14.5 Å². The standard InChI is InChI=1S/C24H35N7O3/c1-13(2)34-24(32)31-16-5-6-17(31)9-15(8-16)26-23-19-10-18(33-4)12-25-20(19)11-21(28-23)27-22-7-14(3)29-30-22/h10-17,22,29-30H,5-9H2,1-4H3,(H2,26,27,28)/t14?,15?,16-,17+,22?. The summed E-state index contributed by atoms with van der Waals surface area (Å²) < 4.78 is 10.9. The van der Waals surface area contributed by atoms with Crippen molar-refractivity contribution in [3.63, 3.8) is 0 Å². The number of nitrogens with zero attached hydrogens (tertiary/aromatic N) is 3. The quantitative estimate of drug-likeness (QED) is 0.506. The van der Waals surface area contributed by atoms with Crippen LogP contribution in [0.1, 0.15) is 52.9 Å². The lowest BCUT2D eigenvalue weighted by Gasteiger charge is -2.39. The number of amides is 1. The zero-order chi connectivity index (χ0) is 23.8. The smallest absolute Gasteiger partial charge is 0.410 e. The molecule has 0 aliphatic carbocycles. The second kappa shape index (κ2) is 9.42. The normalized spacial score (nSPS) is 28.4. The van der Waals surface area contributed by atoms with Crippen molar-refractivity contribution in [1.29, 1.82) is 0 Å². The zero-order valence-electron chi connectivity index (χ0n) is 20.3. The Balaban J connectivity index is 1.37. The number of carbonyl (C=O) groups is 1. The minimum Gasteiger partial charge on any atom is -0.495 e. The Hall–Kier alpha value is -2.85. The van der Waals surface area contributed by atoms with Crippen molar-refractivity contribution in [2.45, 2.75) is 89.3 Å². The predicted molar refractivity (Wildman–Crippen MR) is 131 cm³/mol. The van der Waals surface area contributed by atoms with E-state index in [-0.39, 0.29) is 36.5 Å². The highest BCUT2D eigenvalue weighted by Gasteiger charge is 2.44. The molecule has 34 heavy (non-hydrogen) atoms. The van der Waals surface area contributed by atoms with Gasteiger partial charge in [-0.2, -0.15) is 0 Å². The van der Waals surface area contributed by atoms with E-state index in [2.05, 4.69) is 33.4 Å². The van der Waals surface area contributed by atoms with Crippen LogP contribution < -0.4 is 26.2 Å². The summed E-state index contributed by atoms with van der Waals surface area (Å²) in [6.45, 7) is 5.93. The molecule has 0 spiro atoms. The first-order valence-corrected chi connectivity index (χ1v) is 12.3. The molecule has 2 bridgehead atoms. The van der Waals surface area contributed by atoms with Gasteiger partial charge in [-0.15, -0.1) is 0 Å². The molecule has 5 atom stereocenters. The first kappa shape index (κ1) is 22.9. The lowest BCUT2D eigenvalue weighted by molar-refractivity contribution is 0.0483. The van der Waals surface area contributed by atoms with E-state index in [1.165, 1.54) is 0 Å². The number of aromatic nitrogens is 2. The molecule has 1 amide bonds. The summed E-state index contributed by atoms with van der Waals surface area (Å²) in [5.41, 5.74) is 7.34. The molecule has 10 nitrogen and oxygen atoms in total. The molecule has 0 saturated carbocycles. The number of fused-ring (bicyclic) bond motifs is 3. The van der Waals surface area contributed by atoms with E-state index in [1.54, 1.807) is 13.3 Å². The van der Waals surface area contributed by atoms with Gasteiger partial charge in [0.15, 0.2) is 0 Å². The molecule has 3 fully saturated rings. The van der Waals surface area contributed by atoms with Gasteiger partial charge in [0.05, 0.1) is 31.1 Å². The summed E-state index contributed by atoms with van der Waals surface area (Å²) in [4.78, 5) is 24.1. The van der Waals surface area contributed by atoms with Crippen molar-refractivity contribution in [3.8, 4) is 5.75 Å². The van der Waals surface area contributed by atoms with Gasteiger partial charge in [0.1, 0.15) is 17.4 Å². The molecule has 5 rings (SSSR count). The minimum absolute atomic E-state index is 0.0945. The van der Waals surface area contributed by atoms with E-state index in [0.29, 0.717) is 11.8 Å². The summed E-state index contributed by atoms with van der Waals surface area (Å²) >= 11 is 0. The Labute approximate surface area is 200 Å². The number of pyridine rings is 2. The van der Waals surface area contributed by atoms with Gasteiger partial charge >= 0.3 is 6.09 Å². The van der Waals surface area contributed by atoms with Crippen LogP contribution in [0.5, 0.6) is 5.75 Å². The number of piperidine rings is 1. The molecule has 184 valence electrons. The first-order valence-electron chi connectivity index (χ1n) is 12.3. The lowest BCUT2D eigenvalue weighted by Crippen LogP contribution is -2.50. The van der Waals surface area contributed by atoms with Gasteiger partial charge in [-0.1, -0.05) is 0 Å². The molecule has 3 unspecified atom stereocenters. The van der Waals surface area contributed by atoms with Crippen molar-refractivity contribution < 1.29 is 14.3 Å². The van der Waals surface area contributed by atoms with Crippen molar-refractivity contribution in [2.24, 2.45) is 0 Å². The number of ether oxygens (including phenoxy) is 2. The Bertz CT molecular complexity index is 1030. The molecule has 4 N–H and O–H groups in total. The van der Waals surface area contributed by atoms with E-state index >= 15 is 0 Å². The average molecular weight is 470 g/mol. The molecular weight excluding hydrogens is 434 g/mol. The number of methoxy groups -OCH3 is 1. The number of hydrazine groups is 1. The van der Waals surface area contributed by atoms with Gasteiger partial charge in [0, 0.05) is 35.6 Å². The van der Waals surface area contributed by atoms with Crippen LogP contribution >= 0.6 is 0 Å². The highest BCUT2D eigenvalue weighted by molar-refractivity contribution is 5.92. The first-order chi connectivity index (χ1) is 16.4. The molecule has 2 aromatic rings. The summed E-state index contributed by atoms with van der Waals surface area (Å²) in [7, 11) is 1.64. The Morgan fingerprint density at radius 3 is 2.56 bits per heavy atom. The van der Waals surface area contributed by atoms with Crippen LogP contribution in [0.4, 0.5) is 16.4 Å². The highest BCUT2D eigenvalue weighted by atomic mass is 16.6. The molecule has 2 aromatic heterocycles. The molecular formula is C24H35N7O3. The van der Waals surface area contributed by atoms with Gasteiger partial charge in [0.2, 0.25) is 0 Å². The predicted octanol–water partition coefficient (Wildman–Crippen LogP) is 3.22. The molecule has 10 heteroatoms. The molecule has 0 radical (unpaired) electrons. The number of hydrogen-bond acceptors (Lipinski definition) is 9. The maximum absolute atomic E-state index is 12.6. The highest BCUT2D eigenvalue weighted by Crippen LogP contribution is 2.38. The van der Waals surface area contributed by atoms with Gasteiger partial charge < -0.3 is 25.0 Å². The third-order valence-corrected chi connectivity index (χ3v) is 6.93. The average Bonchev–Trinajstić information content (AvgIpc) is 3.32. The van der Waals surface area contributed by atoms with Crippen LogP contribution in [-0.4, -0.2) is 64.5 Å². The van der Waals surface area contributed by atoms with Crippen LogP contribution in [0.25, 0.3) is 10.9 Å². The number of hydrogen-bond donors (Lipinski definition) is 4. The van der Waals surface area contributed by atoms with E-state index < -0.39 is 0 Å². The fourth-order valence-electron chi connectivity index (χ4n) is 5.44. The molecule has 3 saturated heterocycles. The van der Waals surface area contributed by atoms with Crippen molar-refractivity contribution in [2.75, 3.05) is 17.7 Å². The largest absolute Gasteiger partial charge is 0.495 e. The Morgan fingerprint density at radius 1 is 1.15 bits per heavy atom.